The zero-order chi connectivity index (χ0) is 26.2. The van der Waals surface area contributed by atoms with E-state index >= 15 is 0 Å². The standard InChI is InChI=1S/C23H32F3N5O3S/c1-6-27-19(31(13-14(2)3)17-7-9-34-10-8-17)18(12-15(4)11-16(5)20(32)33)28-22-29-21(30-35-22)23(24,25)26/h6,11-12,14-15,17H,1,7-10,13H2,2-5H3,(H,32,33)(H,28,29,30)/b16-11+,18-12+,27-19?. The number of nitrogens with one attached hydrogen (secondary N) is 1. The Hall–Kier alpha value is -2.73. The van der Waals surface area contributed by atoms with Crippen molar-refractivity contribution in [1.82, 2.24) is 14.3 Å². The summed E-state index contributed by atoms with van der Waals surface area (Å²) < 4.78 is 48.2. The molecular weight excluding hydrogens is 483 g/mol. The molecule has 0 radical (unpaired) electrons. The van der Waals surface area contributed by atoms with E-state index in [1.54, 1.807) is 19.1 Å². The van der Waals surface area contributed by atoms with Gasteiger partial charge in [-0.3, -0.25) is 0 Å². The van der Waals surface area contributed by atoms with Gasteiger partial charge in [0.15, 0.2) is 5.84 Å². The molecule has 2 heterocycles. The van der Waals surface area contributed by atoms with Gasteiger partial charge in [-0.15, -0.1) is 0 Å². The number of ether oxygens (including phenoxy) is 1. The lowest BCUT2D eigenvalue weighted by Gasteiger charge is -2.38. The summed E-state index contributed by atoms with van der Waals surface area (Å²) in [7, 11) is 0. The van der Waals surface area contributed by atoms with Crippen molar-refractivity contribution in [1.29, 1.82) is 0 Å². The second-order valence-electron chi connectivity index (χ2n) is 8.67. The molecule has 1 saturated heterocycles. The molecule has 1 fully saturated rings. The number of hydrogen-bond donors (Lipinski definition) is 2. The van der Waals surface area contributed by atoms with Gasteiger partial charge in [-0.25, -0.2) is 9.79 Å². The highest BCUT2D eigenvalue weighted by Crippen LogP contribution is 2.30. The van der Waals surface area contributed by atoms with E-state index in [1.165, 1.54) is 13.1 Å². The highest BCUT2D eigenvalue weighted by atomic mass is 32.1. The summed E-state index contributed by atoms with van der Waals surface area (Å²) in [5, 5.41) is 12.2. The van der Waals surface area contributed by atoms with E-state index in [0.29, 0.717) is 42.8 Å². The number of allylic oxidation sites excluding steroid dienone is 2. The first-order valence-corrected chi connectivity index (χ1v) is 12.0. The zero-order valence-corrected chi connectivity index (χ0v) is 21.1. The zero-order valence-electron chi connectivity index (χ0n) is 20.3. The summed E-state index contributed by atoms with van der Waals surface area (Å²) in [6.45, 7) is 12.9. The number of alkyl halides is 3. The van der Waals surface area contributed by atoms with E-state index in [9.17, 15) is 23.1 Å². The summed E-state index contributed by atoms with van der Waals surface area (Å²) in [6.07, 6.45) is 1.51. The molecule has 2 N–H and O–H groups in total. The molecule has 12 heteroatoms. The quantitative estimate of drug-likeness (QED) is 0.251. The fourth-order valence-electron chi connectivity index (χ4n) is 3.64. The molecule has 0 aromatic carbocycles. The maximum absolute atomic E-state index is 13.1. The Morgan fingerprint density at radius 3 is 2.51 bits per heavy atom. The topological polar surface area (TPSA) is 99.9 Å². The van der Waals surface area contributed by atoms with Crippen LogP contribution < -0.4 is 5.32 Å². The molecule has 1 atom stereocenters. The van der Waals surface area contributed by atoms with Crippen LogP contribution >= 0.6 is 11.5 Å². The molecule has 1 aliphatic rings. The van der Waals surface area contributed by atoms with Gasteiger partial charge in [-0.05, 0) is 31.6 Å². The van der Waals surface area contributed by atoms with Crippen molar-refractivity contribution in [3.05, 3.63) is 42.0 Å². The number of aliphatic imine (C=N–C) groups is 1. The number of aromatic nitrogens is 2. The van der Waals surface area contributed by atoms with Crippen molar-refractivity contribution in [2.45, 2.75) is 52.8 Å². The number of carboxylic acids is 1. The fraction of sp³-hybridized carbons (Fsp3) is 0.565. The van der Waals surface area contributed by atoms with Crippen LogP contribution in [0.1, 0.15) is 46.4 Å². The van der Waals surface area contributed by atoms with Crippen LogP contribution in [0.25, 0.3) is 0 Å². The molecule has 8 nitrogen and oxygen atoms in total. The summed E-state index contributed by atoms with van der Waals surface area (Å²) in [6, 6.07) is 0.0989. The maximum atomic E-state index is 13.1. The first-order chi connectivity index (χ1) is 16.4. The Morgan fingerprint density at radius 2 is 2.00 bits per heavy atom. The van der Waals surface area contributed by atoms with Crippen molar-refractivity contribution in [2.24, 2.45) is 16.8 Å². The Kier molecular flexibility index (Phi) is 10.4. The number of halogens is 3. The minimum Gasteiger partial charge on any atom is -0.478 e. The Bertz CT molecular complexity index is 966. The first-order valence-electron chi connectivity index (χ1n) is 11.3. The number of carbonyl (C=O) groups is 1. The van der Waals surface area contributed by atoms with Crippen molar-refractivity contribution in [3.8, 4) is 0 Å². The van der Waals surface area contributed by atoms with E-state index in [2.05, 4.69) is 45.0 Å². The molecule has 35 heavy (non-hydrogen) atoms. The molecule has 0 saturated carbocycles. The van der Waals surface area contributed by atoms with Gasteiger partial charge in [-0.2, -0.15) is 22.5 Å². The summed E-state index contributed by atoms with van der Waals surface area (Å²) in [5.74, 6) is -1.92. The lowest BCUT2D eigenvalue weighted by molar-refractivity contribution is -0.144. The van der Waals surface area contributed by atoms with E-state index in [1.807, 2.05) is 0 Å². The van der Waals surface area contributed by atoms with Crippen LogP contribution in [-0.4, -0.2) is 57.0 Å². The third-order valence-corrected chi connectivity index (χ3v) is 5.75. The fourth-order valence-corrected chi connectivity index (χ4v) is 4.24. The van der Waals surface area contributed by atoms with Gasteiger partial charge >= 0.3 is 12.1 Å². The van der Waals surface area contributed by atoms with E-state index in [4.69, 9.17) is 4.74 Å². The number of rotatable bonds is 10. The van der Waals surface area contributed by atoms with Gasteiger partial charge in [0, 0.05) is 49.1 Å². The molecule has 2 rings (SSSR count). The number of aliphatic carboxylic acids is 1. The largest absolute Gasteiger partial charge is 0.478 e. The Labute approximate surface area is 207 Å². The lowest BCUT2D eigenvalue weighted by atomic mass is 10.0. The molecule has 1 aromatic rings. The Morgan fingerprint density at radius 1 is 1.34 bits per heavy atom. The smallest absolute Gasteiger partial charge is 0.452 e. The van der Waals surface area contributed by atoms with Crippen molar-refractivity contribution in [2.75, 3.05) is 25.1 Å². The predicted molar refractivity (Wildman–Crippen MR) is 130 cm³/mol. The number of anilines is 1. The van der Waals surface area contributed by atoms with Gasteiger partial charge in [0.1, 0.15) is 0 Å². The monoisotopic (exact) mass is 515 g/mol. The SMILES string of the molecule is C=CN=C(/C(=C\C(C)/C=C(\C)C(=O)O)Nc1nc(C(F)(F)F)ns1)N(CC(C)C)C1CCOCC1. The molecule has 0 bridgehead atoms. The van der Waals surface area contributed by atoms with Crippen molar-refractivity contribution >= 4 is 28.5 Å². The van der Waals surface area contributed by atoms with Crippen LogP contribution in [0, 0.1) is 11.8 Å². The minimum absolute atomic E-state index is 0.0528. The van der Waals surface area contributed by atoms with E-state index in [-0.39, 0.29) is 28.6 Å². The summed E-state index contributed by atoms with van der Waals surface area (Å²) in [5.41, 5.74) is 0.540. The molecule has 194 valence electrons. The van der Waals surface area contributed by atoms with Gasteiger partial charge in [0.05, 0.1) is 5.70 Å². The van der Waals surface area contributed by atoms with Crippen molar-refractivity contribution < 1.29 is 27.8 Å². The third-order valence-electron chi connectivity index (χ3n) is 5.12. The summed E-state index contributed by atoms with van der Waals surface area (Å²) in [4.78, 5) is 21.5. The van der Waals surface area contributed by atoms with Crippen molar-refractivity contribution in [3.63, 3.8) is 0 Å². The van der Waals surface area contributed by atoms with E-state index in [0.717, 1.165) is 12.8 Å². The predicted octanol–water partition coefficient (Wildman–Crippen LogP) is 5.20. The van der Waals surface area contributed by atoms with Crippen LogP contribution in [0.3, 0.4) is 0 Å². The highest BCUT2D eigenvalue weighted by Gasteiger charge is 2.36. The lowest BCUT2D eigenvalue weighted by Crippen LogP contribution is -2.46. The maximum Gasteiger partial charge on any atom is 0.452 e. The van der Waals surface area contributed by atoms with Crippen LogP contribution in [0.5, 0.6) is 0 Å². The number of nitrogens with zero attached hydrogens (tertiary/aromatic N) is 4. The van der Waals surface area contributed by atoms with Gasteiger partial charge < -0.3 is 20.1 Å². The normalized spacial score (nSPS) is 17.4. The third kappa shape index (κ3) is 8.77. The molecule has 1 aliphatic heterocycles. The average Bonchev–Trinajstić information content (AvgIpc) is 3.25. The van der Waals surface area contributed by atoms with Gasteiger partial charge in [0.25, 0.3) is 0 Å². The van der Waals surface area contributed by atoms with Crippen LogP contribution in [-0.2, 0) is 15.7 Å². The second kappa shape index (κ2) is 12.8. The minimum atomic E-state index is -4.67. The second-order valence-corrected chi connectivity index (χ2v) is 9.42. The molecule has 0 aliphatic carbocycles. The molecule has 0 spiro atoms. The molecule has 1 unspecified atom stereocenters. The molecular formula is C23H32F3N5O3S. The van der Waals surface area contributed by atoms with Gasteiger partial charge in [0.2, 0.25) is 11.0 Å². The first kappa shape index (κ1) is 28.5. The molecule has 1 aromatic heterocycles. The number of hydrogen-bond acceptors (Lipinski definition) is 7. The van der Waals surface area contributed by atoms with E-state index < -0.39 is 18.0 Å². The van der Waals surface area contributed by atoms with Crippen LogP contribution in [0.2, 0.25) is 0 Å². The van der Waals surface area contributed by atoms with Crippen LogP contribution in [0.4, 0.5) is 18.3 Å². The number of amidine groups is 1. The average molecular weight is 516 g/mol. The van der Waals surface area contributed by atoms with Gasteiger partial charge in [-0.1, -0.05) is 39.5 Å². The van der Waals surface area contributed by atoms with Crippen LogP contribution in [0.15, 0.2) is 41.2 Å². The Balaban J connectivity index is 2.56. The highest BCUT2D eigenvalue weighted by molar-refractivity contribution is 7.09. The summed E-state index contributed by atoms with van der Waals surface area (Å²) >= 11 is 0.585. The number of carboxylic acid groups (broad SMARTS) is 1. The molecule has 0 amide bonds.